The van der Waals surface area contributed by atoms with E-state index in [-0.39, 0.29) is 22.5 Å². The maximum Gasteiger partial charge on any atom is 0.250 e. The summed E-state index contributed by atoms with van der Waals surface area (Å²) < 4.78 is 19.1. The number of H-pyrrole nitrogens is 1. The first kappa shape index (κ1) is 12.3. The molecule has 0 spiro atoms. The van der Waals surface area contributed by atoms with Crippen LogP contribution >= 0.6 is 11.6 Å². The number of imidazole rings is 1. The molecule has 6 nitrogen and oxygen atoms in total. The first-order valence-corrected chi connectivity index (χ1v) is 5.79. The Hall–Kier alpha value is -2.72. The Labute approximate surface area is 116 Å². The number of ether oxygens (including phenoxy) is 1. The van der Waals surface area contributed by atoms with Crippen molar-refractivity contribution in [3.8, 4) is 17.7 Å². The zero-order valence-corrected chi connectivity index (χ0v) is 10.5. The zero-order valence-electron chi connectivity index (χ0n) is 9.76. The van der Waals surface area contributed by atoms with Crippen LogP contribution in [0.4, 0.5) is 4.39 Å². The van der Waals surface area contributed by atoms with E-state index in [4.69, 9.17) is 21.6 Å². The number of benzene rings is 1. The second-order valence-corrected chi connectivity index (χ2v) is 4.10. The van der Waals surface area contributed by atoms with Crippen molar-refractivity contribution in [1.82, 2.24) is 19.9 Å². The van der Waals surface area contributed by atoms with Gasteiger partial charge in [0.25, 0.3) is 0 Å². The quantitative estimate of drug-likeness (QED) is 0.733. The second-order valence-electron chi connectivity index (χ2n) is 3.76. The van der Waals surface area contributed by atoms with Gasteiger partial charge in [-0.3, -0.25) is 0 Å². The lowest BCUT2D eigenvalue weighted by molar-refractivity contribution is 0.431. The van der Waals surface area contributed by atoms with E-state index in [9.17, 15) is 4.39 Å². The lowest BCUT2D eigenvalue weighted by Gasteiger charge is -2.06. The predicted octanol–water partition coefficient (Wildman–Crippen LogP) is 2.81. The Morgan fingerprint density at radius 1 is 1.35 bits per heavy atom. The molecule has 8 heteroatoms. The molecule has 0 aliphatic carbocycles. The molecule has 1 aromatic carbocycles. The molecule has 98 valence electrons. The van der Waals surface area contributed by atoms with Crippen LogP contribution in [0.5, 0.6) is 11.6 Å². The van der Waals surface area contributed by atoms with Crippen molar-refractivity contribution in [2.75, 3.05) is 0 Å². The second kappa shape index (κ2) is 4.75. The minimum atomic E-state index is -0.675. The molecular weight excluding hydrogens is 285 g/mol. The van der Waals surface area contributed by atoms with Crippen molar-refractivity contribution in [2.45, 2.75) is 0 Å². The molecule has 0 aliphatic heterocycles. The number of aromatic amines is 1. The van der Waals surface area contributed by atoms with Crippen LogP contribution in [0.25, 0.3) is 11.2 Å². The van der Waals surface area contributed by atoms with Gasteiger partial charge in [-0.2, -0.15) is 15.2 Å². The smallest absolute Gasteiger partial charge is 0.250 e. The highest BCUT2D eigenvalue weighted by atomic mass is 35.5. The number of rotatable bonds is 2. The third-order valence-corrected chi connectivity index (χ3v) is 2.66. The Balaban J connectivity index is 2.05. The van der Waals surface area contributed by atoms with Gasteiger partial charge >= 0.3 is 0 Å². The summed E-state index contributed by atoms with van der Waals surface area (Å²) in [4.78, 5) is 14.5. The molecule has 3 aromatic rings. The highest BCUT2D eigenvalue weighted by Crippen LogP contribution is 2.28. The summed E-state index contributed by atoms with van der Waals surface area (Å²) in [5, 5.41) is 8.62. The molecule has 2 aromatic heterocycles. The van der Waals surface area contributed by atoms with Crippen LogP contribution in [0.3, 0.4) is 0 Å². The molecule has 2 heterocycles. The first-order chi connectivity index (χ1) is 9.67. The largest absolute Gasteiger partial charge is 0.434 e. The van der Waals surface area contributed by atoms with Crippen molar-refractivity contribution in [2.24, 2.45) is 0 Å². The summed E-state index contributed by atoms with van der Waals surface area (Å²) in [5.74, 6) is -0.692. The molecule has 0 fully saturated rings. The number of nitriles is 1. The van der Waals surface area contributed by atoms with Gasteiger partial charge in [-0.1, -0.05) is 0 Å². The summed E-state index contributed by atoms with van der Waals surface area (Å²) in [7, 11) is 0. The van der Waals surface area contributed by atoms with E-state index in [1.807, 2.05) is 6.07 Å². The number of halogens is 2. The molecule has 3 rings (SSSR count). The predicted molar refractivity (Wildman–Crippen MR) is 67.9 cm³/mol. The molecule has 0 saturated carbocycles. The Morgan fingerprint density at radius 3 is 2.95 bits per heavy atom. The summed E-state index contributed by atoms with van der Waals surface area (Å²) >= 11 is 5.74. The molecule has 0 amide bonds. The van der Waals surface area contributed by atoms with E-state index in [2.05, 4.69) is 19.9 Å². The van der Waals surface area contributed by atoms with Crippen LogP contribution in [-0.4, -0.2) is 19.9 Å². The average molecular weight is 290 g/mol. The fourth-order valence-corrected chi connectivity index (χ4v) is 1.77. The van der Waals surface area contributed by atoms with Crippen molar-refractivity contribution < 1.29 is 9.13 Å². The number of hydrogen-bond acceptors (Lipinski definition) is 5. The minimum Gasteiger partial charge on any atom is -0.434 e. The third kappa shape index (κ3) is 2.13. The average Bonchev–Trinajstić information content (AvgIpc) is 2.89. The third-order valence-electron chi connectivity index (χ3n) is 2.49. The van der Waals surface area contributed by atoms with Crippen LogP contribution < -0.4 is 4.74 Å². The van der Waals surface area contributed by atoms with Gasteiger partial charge in [-0.05, 0) is 29.8 Å². The number of aromatic nitrogens is 4. The van der Waals surface area contributed by atoms with Gasteiger partial charge in [-0.15, -0.1) is 0 Å². The van der Waals surface area contributed by atoms with Crippen LogP contribution in [-0.2, 0) is 0 Å². The van der Waals surface area contributed by atoms with Crippen molar-refractivity contribution >= 4 is 22.8 Å². The fraction of sp³-hybridized carbons (Fsp3) is 0. The molecular formula is C12H5ClFN5O. The van der Waals surface area contributed by atoms with E-state index >= 15 is 0 Å². The van der Waals surface area contributed by atoms with Gasteiger partial charge < -0.3 is 9.72 Å². The van der Waals surface area contributed by atoms with E-state index < -0.39 is 5.82 Å². The molecule has 0 aliphatic rings. The molecule has 0 radical (unpaired) electrons. The maximum absolute atomic E-state index is 13.8. The van der Waals surface area contributed by atoms with Crippen LogP contribution in [0.15, 0.2) is 24.5 Å². The number of fused-ring (bicyclic) bond motifs is 1. The molecule has 0 saturated heterocycles. The topological polar surface area (TPSA) is 87.5 Å². The van der Waals surface area contributed by atoms with Gasteiger partial charge in [0.15, 0.2) is 17.2 Å². The van der Waals surface area contributed by atoms with Crippen LogP contribution in [0.1, 0.15) is 5.56 Å². The summed E-state index contributed by atoms with van der Waals surface area (Å²) in [6, 6.07) is 5.68. The van der Waals surface area contributed by atoms with E-state index in [0.717, 1.165) is 6.07 Å². The standard InChI is InChI=1S/C12H5ClFN5O/c13-12-18-10-9(16-5-17-10)11(19-12)20-8-2-1-6(4-15)3-7(8)14/h1-3,5H,(H,16,17,18,19). The van der Waals surface area contributed by atoms with Crippen LogP contribution in [0.2, 0.25) is 5.28 Å². The van der Waals surface area contributed by atoms with Crippen molar-refractivity contribution in [3.63, 3.8) is 0 Å². The van der Waals surface area contributed by atoms with Crippen LogP contribution in [0, 0.1) is 17.1 Å². The summed E-state index contributed by atoms with van der Waals surface area (Å²) in [6.45, 7) is 0. The van der Waals surface area contributed by atoms with Gasteiger partial charge in [-0.25, -0.2) is 9.37 Å². The number of hydrogen-bond donors (Lipinski definition) is 1. The molecule has 0 atom stereocenters. The monoisotopic (exact) mass is 289 g/mol. The summed E-state index contributed by atoms with van der Waals surface area (Å²) in [6.07, 6.45) is 1.40. The van der Waals surface area contributed by atoms with Gasteiger partial charge in [0.05, 0.1) is 18.0 Å². The first-order valence-electron chi connectivity index (χ1n) is 5.41. The van der Waals surface area contributed by atoms with E-state index in [1.54, 1.807) is 0 Å². The number of nitrogens with one attached hydrogen (secondary N) is 1. The Bertz CT molecular complexity index is 841. The van der Waals surface area contributed by atoms with Gasteiger partial charge in [0.2, 0.25) is 11.2 Å². The summed E-state index contributed by atoms with van der Waals surface area (Å²) in [5.41, 5.74) is 0.912. The lowest BCUT2D eigenvalue weighted by Crippen LogP contribution is -1.95. The minimum absolute atomic E-state index is 0.0566. The highest BCUT2D eigenvalue weighted by Gasteiger charge is 2.13. The Kier molecular flexibility index (Phi) is 2.93. The normalized spacial score (nSPS) is 10.4. The maximum atomic E-state index is 13.8. The van der Waals surface area contributed by atoms with E-state index in [1.165, 1.54) is 18.5 Å². The molecule has 0 unspecified atom stereocenters. The number of nitrogens with zero attached hydrogens (tertiary/aromatic N) is 4. The highest BCUT2D eigenvalue weighted by molar-refractivity contribution is 6.28. The van der Waals surface area contributed by atoms with E-state index in [0.29, 0.717) is 11.2 Å². The molecule has 20 heavy (non-hydrogen) atoms. The van der Waals surface area contributed by atoms with Gasteiger partial charge in [0.1, 0.15) is 5.52 Å². The fourth-order valence-electron chi connectivity index (χ4n) is 1.61. The molecule has 1 N–H and O–H groups in total. The lowest BCUT2D eigenvalue weighted by atomic mass is 10.2. The molecule has 0 bridgehead atoms. The SMILES string of the molecule is N#Cc1ccc(Oc2nc(Cl)nc3nc[nH]c23)c(F)c1. The van der Waals surface area contributed by atoms with Crippen molar-refractivity contribution in [3.05, 3.63) is 41.2 Å². The Morgan fingerprint density at radius 2 is 2.20 bits per heavy atom. The van der Waals surface area contributed by atoms with Gasteiger partial charge in [0, 0.05) is 0 Å². The zero-order chi connectivity index (χ0) is 14.1. The van der Waals surface area contributed by atoms with Crippen molar-refractivity contribution in [1.29, 1.82) is 5.26 Å².